The zero-order chi connectivity index (χ0) is 21.0. The number of carboxylic acids is 2. The van der Waals surface area contributed by atoms with Crippen molar-refractivity contribution in [3.63, 3.8) is 0 Å². The van der Waals surface area contributed by atoms with Crippen LogP contribution in [0.1, 0.15) is 48.0 Å². The van der Waals surface area contributed by atoms with Crippen molar-refractivity contribution in [3.05, 3.63) is 29.3 Å². The lowest BCUT2D eigenvalue weighted by molar-refractivity contribution is -0.136. The highest BCUT2D eigenvalue weighted by Gasteiger charge is 2.38. The summed E-state index contributed by atoms with van der Waals surface area (Å²) in [5.41, 5.74) is 0.616. The second-order valence-electron chi connectivity index (χ2n) is 7.68. The molecule has 1 heterocycles. The Morgan fingerprint density at radius 3 is 2.52 bits per heavy atom. The zero-order valence-electron chi connectivity index (χ0n) is 16.0. The van der Waals surface area contributed by atoms with Gasteiger partial charge in [0.05, 0.1) is 18.0 Å². The van der Waals surface area contributed by atoms with E-state index in [1.54, 1.807) is 12.1 Å². The normalized spacial score (nSPS) is 23.6. The number of fused-ring (bicyclic) bond motifs is 1. The Kier molecular flexibility index (Phi) is 6.76. The number of aromatic carboxylic acids is 1. The van der Waals surface area contributed by atoms with Gasteiger partial charge >= 0.3 is 19.1 Å². The number of carbonyl (C=O) groups excluding carboxylic acids is 1. The van der Waals surface area contributed by atoms with Crippen molar-refractivity contribution in [2.45, 2.75) is 50.5 Å². The highest BCUT2D eigenvalue weighted by molar-refractivity contribution is 6.47. The maximum atomic E-state index is 12.4. The van der Waals surface area contributed by atoms with E-state index in [1.165, 1.54) is 6.07 Å². The number of benzene rings is 1. The SMILES string of the molecule is O=C(O)CNC1CCC(CC(=O)NC2Cc3cccc(C(=O)O)c3OB2O)CC1. The number of aliphatic carboxylic acids is 1. The fourth-order valence-electron chi connectivity index (χ4n) is 4.05. The number of amides is 1. The van der Waals surface area contributed by atoms with Gasteiger partial charge in [0.25, 0.3) is 0 Å². The molecule has 0 spiro atoms. The van der Waals surface area contributed by atoms with Crippen LogP contribution >= 0.6 is 0 Å². The zero-order valence-corrected chi connectivity index (χ0v) is 16.0. The summed E-state index contributed by atoms with van der Waals surface area (Å²) in [5.74, 6) is -2.48. The van der Waals surface area contributed by atoms with Gasteiger partial charge in [-0.3, -0.25) is 9.59 Å². The standard InChI is InChI=1S/C19H25BN2O7/c23-16(8-11-4-6-13(7-5-11)21-10-17(24)25)22-15-9-12-2-1-3-14(19(26)27)18(12)29-20(15)28/h1-3,11,13,15,21,28H,4-10H2,(H,22,23)(H,24,25)(H,26,27). The molecule has 1 saturated carbocycles. The third kappa shape index (κ3) is 5.48. The summed E-state index contributed by atoms with van der Waals surface area (Å²) in [4.78, 5) is 34.4. The molecule has 0 bridgehead atoms. The largest absolute Gasteiger partial charge is 0.547 e. The van der Waals surface area contributed by atoms with Crippen LogP contribution in [0, 0.1) is 5.92 Å². The fourth-order valence-corrected chi connectivity index (χ4v) is 4.05. The van der Waals surface area contributed by atoms with Crippen molar-refractivity contribution >= 4 is 25.0 Å². The fraction of sp³-hybridized carbons (Fsp3) is 0.526. The summed E-state index contributed by atoms with van der Waals surface area (Å²) in [6.07, 6.45) is 3.93. The number of carbonyl (C=O) groups is 3. The molecule has 5 N–H and O–H groups in total. The van der Waals surface area contributed by atoms with E-state index < -0.39 is 25.0 Å². The molecule has 1 aromatic rings. The summed E-state index contributed by atoms with van der Waals surface area (Å²) in [6, 6.07) is 4.91. The van der Waals surface area contributed by atoms with Crippen molar-refractivity contribution in [2.75, 3.05) is 6.54 Å². The quantitative estimate of drug-likeness (QED) is 0.412. The van der Waals surface area contributed by atoms with Crippen LogP contribution in [0.3, 0.4) is 0 Å². The minimum atomic E-state index is -1.32. The number of rotatable bonds is 7. The summed E-state index contributed by atoms with van der Waals surface area (Å²) in [6.45, 7) is -0.0551. The first kappa shape index (κ1) is 21.1. The van der Waals surface area contributed by atoms with Crippen molar-refractivity contribution in [1.82, 2.24) is 10.6 Å². The Morgan fingerprint density at radius 1 is 1.14 bits per heavy atom. The predicted molar refractivity (Wildman–Crippen MR) is 104 cm³/mol. The van der Waals surface area contributed by atoms with E-state index in [1.807, 2.05) is 0 Å². The van der Waals surface area contributed by atoms with Gasteiger partial charge in [-0.25, -0.2) is 4.79 Å². The first-order valence-electron chi connectivity index (χ1n) is 9.78. The third-order valence-electron chi connectivity index (χ3n) is 5.56. The molecule has 1 fully saturated rings. The molecule has 1 aromatic carbocycles. The molecule has 1 amide bonds. The van der Waals surface area contributed by atoms with Gasteiger partial charge in [-0.05, 0) is 49.7 Å². The van der Waals surface area contributed by atoms with Crippen molar-refractivity contribution < 1.29 is 34.3 Å². The van der Waals surface area contributed by atoms with E-state index >= 15 is 0 Å². The second-order valence-corrected chi connectivity index (χ2v) is 7.68. The van der Waals surface area contributed by atoms with Crippen LogP contribution in [0.4, 0.5) is 0 Å². The van der Waals surface area contributed by atoms with Gasteiger partial charge in [-0.2, -0.15) is 0 Å². The van der Waals surface area contributed by atoms with Crippen LogP contribution in [0.15, 0.2) is 18.2 Å². The van der Waals surface area contributed by atoms with E-state index in [2.05, 4.69) is 10.6 Å². The van der Waals surface area contributed by atoms with E-state index in [-0.39, 0.29) is 42.1 Å². The minimum absolute atomic E-state index is 0.0143. The molecule has 156 valence electrons. The summed E-state index contributed by atoms with van der Waals surface area (Å²) in [5, 5.41) is 34.0. The average molecular weight is 404 g/mol. The first-order chi connectivity index (χ1) is 13.8. The van der Waals surface area contributed by atoms with Gasteiger partial charge < -0.3 is 30.5 Å². The van der Waals surface area contributed by atoms with Crippen LogP contribution in [0.2, 0.25) is 0 Å². The highest BCUT2D eigenvalue weighted by atomic mass is 16.5. The molecule has 9 nitrogen and oxygen atoms in total. The molecule has 0 saturated heterocycles. The topological polar surface area (TPSA) is 145 Å². The molecule has 10 heteroatoms. The smallest absolute Gasteiger partial charge is 0.534 e. The molecule has 0 aromatic heterocycles. The molecule has 3 rings (SSSR count). The molecule has 1 unspecified atom stereocenters. The van der Waals surface area contributed by atoms with E-state index in [9.17, 15) is 24.5 Å². The second kappa shape index (κ2) is 9.28. The van der Waals surface area contributed by atoms with Gasteiger partial charge in [-0.1, -0.05) is 12.1 Å². The molecule has 1 aliphatic heterocycles. The van der Waals surface area contributed by atoms with Crippen LogP contribution in [-0.4, -0.2) is 58.7 Å². The van der Waals surface area contributed by atoms with Gasteiger partial charge in [0.15, 0.2) is 0 Å². The third-order valence-corrected chi connectivity index (χ3v) is 5.56. The molecular formula is C19H25BN2O7. The molecule has 2 aliphatic rings. The van der Waals surface area contributed by atoms with Gasteiger partial charge in [0.2, 0.25) is 5.91 Å². The lowest BCUT2D eigenvalue weighted by Gasteiger charge is -2.31. The maximum Gasteiger partial charge on any atom is 0.547 e. The molecular weight excluding hydrogens is 379 g/mol. The number of hydrogen-bond acceptors (Lipinski definition) is 6. The molecule has 29 heavy (non-hydrogen) atoms. The number of carboxylic acid groups (broad SMARTS) is 2. The number of para-hydroxylation sites is 1. The van der Waals surface area contributed by atoms with Crippen LogP contribution in [0.25, 0.3) is 0 Å². The Morgan fingerprint density at radius 2 is 1.86 bits per heavy atom. The van der Waals surface area contributed by atoms with E-state index in [0.29, 0.717) is 12.0 Å². The minimum Gasteiger partial charge on any atom is -0.534 e. The first-order valence-corrected chi connectivity index (χ1v) is 9.78. The highest BCUT2D eigenvalue weighted by Crippen LogP contribution is 2.31. The van der Waals surface area contributed by atoms with E-state index in [4.69, 9.17) is 9.76 Å². The predicted octanol–water partition coefficient (Wildman–Crippen LogP) is 0.447. The lowest BCUT2D eigenvalue weighted by Crippen LogP contribution is -2.53. The lowest BCUT2D eigenvalue weighted by atomic mass is 9.72. The summed E-state index contributed by atoms with van der Waals surface area (Å²) in [7, 11) is -1.32. The van der Waals surface area contributed by atoms with Crippen LogP contribution < -0.4 is 15.3 Å². The molecule has 0 radical (unpaired) electrons. The summed E-state index contributed by atoms with van der Waals surface area (Å²) >= 11 is 0. The Bertz CT molecular complexity index is 780. The monoisotopic (exact) mass is 404 g/mol. The van der Waals surface area contributed by atoms with Crippen molar-refractivity contribution in [3.8, 4) is 5.75 Å². The Balaban J connectivity index is 1.50. The maximum absolute atomic E-state index is 12.4. The van der Waals surface area contributed by atoms with Gasteiger partial charge in [-0.15, -0.1) is 0 Å². The molecule has 1 aliphatic carbocycles. The molecule has 1 atom stereocenters. The van der Waals surface area contributed by atoms with Crippen LogP contribution in [0.5, 0.6) is 5.75 Å². The van der Waals surface area contributed by atoms with E-state index in [0.717, 1.165) is 25.7 Å². The van der Waals surface area contributed by atoms with Crippen molar-refractivity contribution in [1.29, 1.82) is 0 Å². The average Bonchev–Trinajstić information content (AvgIpc) is 2.67. The van der Waals surface area contributed by atoms with Crippen molar-refractivity contribution in [2.24, 2.45) is 5.92 Å². The number of hydrogen-bond donors (Lipinski definition) is 5. The number of nitrogens with one attached hydrogen (secondary N) is 2. The van der Waals surface area contributed by atoms with Crippen LogP contribution in [-0.2, 0) is 16.0 Å². The van der Waals surface area contributed by atoms with Gasteiger partial charge in [0.1, 0.15) is 5.75 Å². The Labute approximate surface area is 168 Å². The van der Waals surface area contributed by atoms with Gasteiger partial charge in [0, 0.05) is 12.5 Å². The summed E-state index contributed by atoms with van der Waals surface area (Å²) < 4.78 is 5.39. The Hall–Kier alpha value is -2.59.